The fourth-order valence-corrected chi connectivity index (χ4v) is 1.99. The second-order valence-corrected chi connectivity index (χ2v) is 5.08. The van der Waals surface area contributed by atoms with Gasteiger partial charge in [0.25, 0.3) is 0 Å². The van der Waals surface area contributed by atoms with Crippen LogP contribution < -0.4 is 5.73 Å². The van der Waals surface area contributed by atoms with Gasteiger partial charge in [0.1, 0.15) is 6.10 Å². The molecule has 3 heteroatoms. The molecule has 1 fully saturated rings. The highest BCUT2D eigenvalue weighted by atomic mass is 16.7. The third kappa shape index (κ3) is 2.68. The van der Waals surface area contributed by atoms with Gasteiger partial charge in [-0.1, -0.05) is 38.1 Å². The molecule has 1 aliphatic heterocycles. The lowest BCUT2D eigenvalue weighted by Crippen LogP contribution is -2.35. The summed E-state index contributed by atoms with van der Waals surface area (Å²) in [5.41, 5.74) is 8.12. The number of rotatable bonds is 3. The molecule has 0 aromatic heterocycles. The SMILES string of the molecule is CC(C)c1ccc(C2COC(C)(CN)O2)cc1. The molecule has 17 heavy (non-hydrogen) atoms. The molecule has 1 aromatic carbocycles. The highest BCUT2D eigenvalue weighted by Gasteiger charge is 2.36. The minimum Gasteiger partial charge on any atom is -0.346 e. The number of nitrogens with two attached hydrogens (primary N) is 1. The molecule has 2 N–H and O–H groups in total. The highest BCUT2D eigenvalue weighted by Crippen LogP contribution is 2.32. The van der Waals surface area contributed by atoms with E-state index in [1.54, 1.807) is 0 Å². The third-order valence-electron chi connectivity index (χ3n) is 3.28. The molecule has 2 unspecified atom stereocenters. The summed E-state index contributed by atoms with van der Waals surface area (Å²) >= 11 is 0. The van der Waals surface area contributed by atoms with Gasteiger partial charge in [-0.3, -0.25) is 0 Å². The summed E-state index contributed by atoms with van der Waals surface area (Å²) in [7, 11) is 0. The van der Waals surface area contributed by atoms with Crippen LogP contribution in [0.4, 0.5) is 0 Å². The van der Waals surface area contributed by atoms with Crippen LogP contribution in [0.3, 0.4) is 0 Å². The lowest BCUT2D eigenvalue weighted by atomic mass is 10.0. The molecule has 1 aromatic rings. The first-order chi connectivity index (χ1) is 8.04. The Morgan fingerprint density at radius 1 is 1.35 bits per heavy atom. The molecule has 0 saturated carbocycles. The average molecular weight is 235 g/mol. The standard InChI is InChI=1S/C14H21NO2/c1-10(2)11-4-6-12(7-5-11)13-8-16-14(3,9-15)17-13/h4-7,10,13H,8-9,15H2,1-3H3. The molecule has 94 valence electrons. The maximum atomic E-state index is 5.84. The molecule has 2 atom stereocenters. The van der Waals surface area contributed by atoms with Gasteiger partial charge >= 0.3 is 0 Å². The summed E-state index contributed by atoms with van der Waals surface area (Å²) in [4.78, 5) is 0. The summed E-state index contributed by atoms with van der Waals surface area (Å²) in [5, 5.41) is 0. The van der Waals surface area contributed by atoms with Crippen molar-refractivity contribution in [2.75, 3.05) is 13.2 Å². The van der Waals surface area contributed by atoms with Gasteiger partial charge in [-0.25, -0.2) is 0 Å². The number of benzene rings is 1. The Labute approximate surface area is 103 Å². The maximum absolute atomic E-state index is 5.84. The Kier molecular flexibility index (Phi) is 3.52. The zero-order chi connectivity index (χ0) is 12.5. The van der Waals surface area contributed by atoms with Crippen molar-refractivity contribution in [1.29, 1.82) is 0 Å². The monoisotopic (exact) mass is 235 g/mol. The van der Waals surface area contributed by atoms with E-state index in [1.807, 2.05) is 6.92 Å². The van der Waals surface area contributed by atoms with Crippen LogP contribution >= 0.6 is 0 Å². The van der Waals surface area contributed by atoms with Crippen molar-refractivity contribution in [3.05, 3.63) is 35.4 Å². The van der Waals surface area contributed by atoms with Gasteiger partial charge in [0.05, 0.1) is 6.61 Å². The molecule has 1 saturated heterocycles. The first-order valence-corrected chi connectivity index (χ1v) is 6.16. The van der Waals surface area contributed by atoms with Crippen LogP contribution in [0.2, 0.25) is 0 Å². The molecule has 0 aliphatic carbocycles. The van der Waals surface area contributed by atoms with Crippen molar-refractivity contribution in [2.24, 2.45) is 5.73 Å². The minimum atomic E-state index is -0.624. The van der Waals surface area contributed by atoms with Crippen LogP contribution in [0.5, 0.6) is 0 Å². The fraction of sp³-hybridized carbons (Fsp3) is 0.571. The van der Waals surface area contributed by atoms with Crippen LogP contribution in [-0.4, -0.2) is 18.9 Å². The van der Waals surface area contributed by atoms with Gasteiger partial charge in [0.15, 0.2) is 5.79 Å². The Morgan fingerprint density at radius 2 is 2.00 bits per heavy atom. The van der Waals surface area contributed by atoms with Gasteiger partial charge in [-0.05, 0) is 24.0 Å². The zero-order valence-corrected chi connectivity index (χ0v) is 10.8. The Morgan fingerprint density at radius 3 is 2.47 bits per heavy atom. The van der Waals surface area contributed by atoms with E-state index in [9.17, 15) is 0 Å². The molecule has 0 spiro atoms. The van der Waals surface area contributed by atoms with Crippen LogP contribution in [0, 0.1) is 0 Å². The average Bonchev–Trinajstić information content (AvgIpc) is 2.73. The molecule has 3 nitrogen and oxygen atoms in total. The normalized spacial score (nSPS) is 28.9. The first-order valence-electron chi connectivity index (χ1n) is 6.16. The summed E-state index contributed by atoms with van der Waals surface area (Å²) in [6.45, 7) is 7.23. The van der Waals surface area contributed by atoms with E-state index in [2.05, 4.69) is 38.1 Å². The summed E-state index contributed by atoms with van der Waals surface area (Å²) in [6, 6.07) is 8.54. The van der Waals surface area contributed by atoms with Crippen LogP contribution in [0.15, 0.2) is 24.3 Å². The minimum absolute atomic E-state index is 0.00441. The number of hydrogen-bond acceptors (Lipinski definition) is 3. The van der Waals surface area contributed by atoms with Crippen molar-refractivity contribution in [1.82, 2.24) is 0 Å². The van der Waals surface area contributed by atoms with Gasteiger partial charge < -0.3 is 15.2 Å². The predicted octanol–water partition coefficient (Wildman–Crippen LogP) is 2.57. The lowest BCUT2D eigenvalue weighted by molar-refractivity contribution is -0.145. The summed E-state index contributed by atoms with van der Waals surface area (Å²) in [6.07, 6.45) is 0.00441. The molecule has 0 radical (unpaired) electrons. The maximum Gasteiger partial charge on any atom is 0.178 e. The van der Waals surface area contributed by atoms with E-state index in [0.29, 0.717) is 19.1 Å². The Balaban J connectivity index is 2.09. The van der Waals surface area contributed by atoms with Crippen LogP contribution in [-0.2, 0) is 9.47 Å². The smallest absolute Gasteiger partial charge is 0.178 e. The van der Waals surface area contributed by atoms with Gasteiger partial charge in [0.2, 0.25) is 0 Å². The molecule has 0 bridgehead atoms. The lowest BCUT2D eigenvalue weighted by Gasteiger charge is -2.21. The number of ether oxygens (including phenoxy) is 2. The second kappa shape index (κ2) is 4.77. The van der Waals surface area contributed by atoms with Crippen molar-refractivity contribution in [3.8, 4) is 0 Å². The van der Waals surface area contributed by atoms with E-state index in [1.165, 1.54) is 5.56 Å². The van der Waals surface area contributed by atoms with Crippen LogP contribution in [0.25, 0.3) is 0 Å². The van der Waals surface area contributed by atoms with Crippen molar-refractivity contribution in [3.63, 3.8) is 0 Å². The predicted molar refractivity (Wildman–Crippen MR) is 67.8 cm³/mol. The molecule has 0 amide bonds. The second-order valence-electron chi connectivity index (χ2n) is 5.08. The fourth-order valence-electron chi connectivity index (χ4n) is 1.99. The van der Waals surface area contributed by atoms with Crippen molar-refractivity contribution in [2.45, 2.75) is 38.6 Å². The number of hydrogen-bond donors (Lipinski definition) is 1. The Bertz CT molecular complexity index is 374. The highest BCUT2D eigenvalue weighted by molar-refractivity contribution is 5.26. The van der Waals surface area contributed by atoms with Gasteiger partial charge in [-0.2, -0.15) is 0 Å². The van der Waals surface area contributed by atoms with E-state index in [0.717, 1.165) is 5.56 Å². The summed E-state index contributed by atoms with van der Waals surface area (Å²) < 4.78 is 11.4. The van der Waals surface area contributed by atoms with Crippen molar-refractivity contribution < 1.29 is 9.47 Å². The molecule has 1 heterocycles. The van der Waals surface area contributed by atoms with Crippen LogP contribution in [0.1, 0.15) is 43.9 Å². The Hall–Kier alpha value is -0.900. The first kappa shape index (κ1) is 12.6. The van der Waals surface area contributed by atoms with E-state index < -0.39 is 5.79 Å². The van der Waals surface area contributed by atoms with E-state index in [-0.39, 0.29) is 6.10 Å². The molecule has 1 aliphatic rings. The zero-order valence-electron chi connectivity index (χ0n) is 10.8. The van der Waals surface area contributed by atoms with Gasteiger partial charge in [0, 0.05) is 6.54 Å². The van der Waals surface area contributed by atoms with Gasteiger partial charge in [-0.15, -0.1) is 0 Å². The molecular formula is C14H21NO2. The summed E-state index contributed by atoms with van der Waals surface area (Å²) in [5.74, 6) is -0.0689. The molecule has 2 rings (SSSR count). The largest absolute Gasteiger partial charge is 0.346 e. The topological polar surface area (TPSA) is 44.5 Å². The van der Waals surface area contributed by atoms with E-state index >= 15 is 0 Å². The van der Waals surface area contributed by atoms with Crippen molar-refractivity contribution >= 4 is 0 Å². The van der Waals surface area contributed by atoms with E-state index in [4.69, 9.17) is 15.2 Å². The third-order valence-corrected chi connectivity index (χ3v) is 3.28. The molecular weight excluding hydrogens is 214 g/mol. The quantitative estimate of drug-likeness (QED) is 0.875.